The molecule has 0 unspecified atom stereocenters. The van der Waals surface area contributed by atoms with Crippen LogP contribution in [0.2, 0.25) is 0 Å². The third kappa shape index (κ3) is 4.31. The van der Waals surface area contributed by atoms with Crippen LogP contribution in [0.3, 0.4) is 0 Å². The van der Waals surface area contributed by atoms with Crippen molar-refractivity contribution in [2.45, 2.75) is 13.0 Å². The molecule has 22 heavy (non-hydrogen) atoms. The molecule has 2 N–H and O–H groups in total. The minimum absolute atomic E-state index is 0.0210. The Morgan fingerprint density at radius 1 is 1.14 bits per heavy atom. The van der Waals surface area contributed by atoms with Crippen LogP contribution >= 0.6 is 0 Å². The molecule has 6 heteroatoms. The lowest BCUT2D eigenvalue weighted by Crippen LogP contribution is -2.32. The van der Waals surface area contributed by atoms with E-state index in [9.17, 15) is 14.9 Å². The summed E-state index contributed by atoms with van der Waals surface area (Å²) in [5, 5.41) is 16.4. The summed E-state index contributed by atoms with van der Waals surface area (Å²) in [7, 11) is 0. The molecule has 6 nitrogen and oxygen atoms in total. The first kappa shape index (κ1) is 15.5. The van der Waals surface area contributed by atoms with E-state index in [1.54, 1.807) is 12.1 Å². The highest BCUT2D eigenvalue weighted by atomic mass is 16.6. The monoisotopic (exact) mass is 299 g/mol. The quantitative estimate of drug-likeness (QED) is 0.634. The molecule has 1 atom stereocenters. The maximum atomic E-state index is 11.9. The van der Waals surface area contributed by atoms with Gasteiger partial charge in [-0.25, -0.2) is 0 Å². The molecule has 0 radical (unpaired) electrons. The average molecular weight is 299 g/mol. The van der Waals surface area contributed by atoms with Gasteiger partial charge in [0.25, 0.3) is 5.69 Å². The minimum Gasteiger partial charge on any atom is -0.376 e. The van der Waals surface area contributed by atoms with E-state index < -0.39 is 4.92 Å². The van der Waals surface area contributed by atoms with Gasteiger partial charge in [-0.05, 0) is 24.6 Å². The third-order valence-electron chi connectivity index (χ3n) is 3.21. The van der Waals surface area contributed by atoms with Gasteiger partial charge in [0, 0.05) is 17.8 Å². The molecule has 0 aliphatic heterocycles. The summed E-state index contributed by atoms with van der Waals surface area (Å²) in [6, 6.07) is 15.5. The van der Waals surface area contributed by atoms with Crippen LogP contribution in [0.5, 0.6) is 0 Å². The Morgan fingerprint density at radius 3 is 2.36 bits per heavy atom. The number of hydrogen-bond donors (Lipinski definition) is 2. The van der Waals surface area contributed by atoms with Crippen LogP contribution in [0.1, 0.15) is 18.5 Å². The number of carbonyl (C=O) groups is 1. The van der Waals surface area contributed by atoms with Crippen molar-refractivity contribution in [1.82, 2.24) is 5.32 Å². The topological polar surface area (TPSA) is 84.3 Å². The summed E-state index contributed by atoms with van der Waals surface area (Å²) < 4.78 is 0. The Bertz CT molecular complexity index is 641. The van der Waals surface area contributed by atoms with Crippen molar-refractivity contribution in [2.24, 2.45) is 0 Å². The second-order valence-electron chi connectivity index (χ2n) is 4.86. The van der Waals surface area contributed by atoms with Gasteiger partial charge in [0.05, 0.1) is 17.5 Å². The zero-order valence-corrected chi connectivity index (χ0v) is 12.2. The first-order valence-electron chi connectivity index (χ1n) is 6.89. The highest BCUT2D eigenvalue weighted by molar-refractivity contribution is 5.81. The second kappa shape index (κ2) is 7.21. The van der Waals surface area contributed by atoms with Crippen molar-refractivity contribution in [3.05, 3.63) is 70.3 Å². The smallest absolute Gasteiger partial charge is 0.269 e. The van der Waals surface area contributed by atoms with Gasteiger partial charge in [0.15, 0.2) is 0 Å². The number of nitrogens with zero attached hydrogens (tertiary/aromatic N) is 1. The van der Waals surface area contributed by atoms with E-state index in [0.717, 1.165) is 5.56 Å². The molecule has 0 spiro atoms. The van der Waals surface area contributed by atoms with Crippen molar-refractivity contribution in [1.29, 1.82) is 0 Å². The maximum absolute atomic E-state index is 11.9. The molecule has 0 fully saturated rings. The molecule has 0 bridgehead atoms. The number of benzene rings is 2. The Kier molecular flexibility index (Phi) is 5.08. The Balaban J connectivity index is 1.83. The van der Waals surface area contributed by atoms with Crippen LogP contribution in [0.25, 0.3) is 0 Å². The van der Waals surface area contributed by atoms with Gasteiger partial charge in [-0.2, -0.15) is 0 Å². The minimum atomic E-state index is -0.460. The van der Waals surface area contributed by atoms with E-state index in [1.807, 2.05) is 37.3 Å². The van der Waals surface area contributed by atoms with Crippen LogP contribution < -0.4 is 10.6 Å². The molecule has 0 aromatic heterocycles. The summed E-state index contributed by atoms with van der Waals surface area (Å²) in [6.45, 7) is 2.02. The number of nitro benzene ring substituents is 1. The molecular formula is C16H17N3O3. The Labute approximate surface area is 128 Å². The highest BCUT2D eigenvalue weighted by Crippen LogP contribution is 2.15. The SMILES string of the molecule is C[C@@H](NC(=O)CNc1ccc([N+](=O)[O-])cc1)c1ccccc1. The molecule has 2 aromatic carbocycles. The molecule has 0 saturated heterocycles. The van der Waals surface area contributed by atoms with E-state index in [1.165, 1.54) is 12.1 Å². The predicted octanol–water partition coefficient (Wildman–Crippen LogP) is 2.88. The summed E-state index contributed by atoms with van der Waals surface area (Å²) >= 11 is 0. The lowest BCUT2D eigenvalue weighted by Gasteiger charge is -2.14. The highest BCUT2D eigenvalue weighted by Gasteiger charge is 2.09. The largest absolute Gasteiger partial charge is 0.376 e. The molecule has 114 valence electrons. The Hall–Kier alpha value is -2.89. The van der Waals surface area contributed by atoms with Crippen molar-refractivity contribution in [3.8, 4) is 0 Å². The first-order chi connectivity index (χ1) is 10.6. The molecule has 0 saturated carbocycles. The number of non-ortho nitro benzene ring substituents is 1. The van der Waals surface area contributed by atoms with Gasteiger partial charge in [-0.1, -0.05) is 30.3 Å². The number of amides is 1. The molecule has 0 aliphatic carbocycles. The fourth-order valence-electron chi connectivity index (χ4n) is 2.00. The van der Waals surface area contributed by atoms with E-state index in [4.69, 9.17) is 0 Å². The normalized spacial score (nSPS) is 11.5. The molecule has 0 aliphatic rings. The lowest BCUT2D eigenvalue weighted by atomic mass is 10.1. The zero-order chi connectivity index (χ0) is 15.9. The van der Waals surface area contributed by atoms with Crippen molar-refractivity contribution in [3.63, 3.8) is 0 Å². The molecule has 2 aromatic rings. The van der Waals surface area contributed by atoms with E-state index in [0.29, 0.717) is 5.69 Å². The summed E-state index contributed by atoms with van der Waals surface area (Å²) in [5.41, 5.74) is 1.71. The lowest BCUT2D eigenvalue weighted by molar-refractivity contribution is -0.384. The fourth-order valence-corrected chi connectivity index (χ4v) is 2.00. The van der Waals surface area contributed by atoms with Gasteiger partial charge in [0.2, 0.25) is 5.91 Å². The van der Waals surface area contributed by atoms with E-state index in [-0.39, 0.29) is 24.2 Å². The molecule has 2 rings (SSSR count). The maximum Gasteiger partial charge on any atom is 0.269 e. The Morgan fingerprint density at radius 2 is 1.77 bits per heavy atom. The van der Waals surface area contributed by atoms with Gasteiger partial charge < -0.3 is 10.6 Å². The third-order valence-corrected chi connectivity index (χ3v) is 3.21. The zero-order valence-electron chi connectivity index (χ0n) is 12.2. The van der Waals surface area contributed by atoms with E-state index in [2.05, 4.69) is 10.6 Å². The van der Waals surface area contributed by atoms with Crippen LogP contribution in [-0.4, -0.2) is 17.4 Å². The van der Waals surface area contributed by atoms with E-state index >= 15 is 0 Å². The van der Waals surface area contributed by atoms with Gasteiger partial charge >= 0.3 is 0 Å². The fraction of sp³-hybridized carbons (Fsp3) is 0.188. The molecular weight excluding hydrogens is 282 g/mol. The average Bonchev–Trinajstić information content (AvgIpc) is 2.54. The first-order valence-corrected chi connectivity index (χ1v) is 6.89. The number of nitrogens with one attached hydrogen (secondary N) is 2. The van der Waals surface area contributed by atoms with Gasteiger partial charge in [0.1, 0.15) is 0 Å². The van der Waals surface area contributed by atoms with Gasteiger partial charge in [-0.3, -0.25) is 14.9 Å². The summed E-state index contributed by atoms with van der Waals surface area (Å²) in [4.78, 5) is 22.0. The predicted molar refractivity (Wildman–Crippen MR) is 84.6 cm³/mol. The van der Waals surface area contributed by atoms with Crippen molar-refractivity contribution < 1.29 is 9.72 Å². The molecule has 0 heterocycles. The van der Waals surface area contributed by atoms with Crippen LogP contribution in [0.4, 0.5) is 11.4 Å². The number of rotatable bonds is 6. The summed E-state index contributed by atoms with van der Waals surface area (Å²) in [5.74, 6) is -0.144. The summed E-state index contributed by atoms with van der Waals surface area (Å²) in [6.07, 6.45) is 0. The second-order valence-corrected chi connectivity index (χ2v) is 4.86. The van der Waals surface area contributed by atoms with Gasteiger partial charge in [-0.15, -0.1) is 0 Å². The van der Waals surface area contributed by atoms with Crippen LogP contribution in [-0.2, 0) is 4.79 Å². The number of anilines is 1. The van der Waals surface area contributed by atoms with Crippen molar-refractivity contribution >= 4 is 17.3 Å². The number of carbonyl (C=O) groups excluding carboxylic acids is 1. The van der Waals surface area contributed by atoms with Crippen LogP contribution in [0, 0.1) is 10.1 Å². The van der Waals surface area contributed by atoms with Crippen molar-refractivity contribution in [2.75, 3.05) is 11.9 Å². The standard InChI is InChI=1S/C16H17N3O3/c1-12(13-5-3-2-4-6-13)18-16(20)11-17-14-7-9-15(10-8-14)19(21)22/h2-10,12,17H,11H2,1H3,(H,18,20)/t12-/m1/s1. The van der Waals surface area contributed by atoms with Crippen LogP contribution in [0.15, 0.2) is 54.6 Å². The number of nitro groups is 1. The molecule has 1 amide bonds. The number of hydrogen-bond acceptors (Lipinski definition) is 4.